The number of hydrogen-bond donors (Lipinski definition) is 0. The van der Waals surface area contributed by atoms with Crippen LogP contribution in [0.2, 0.25) is 0 Å². The molecule has 0 amide bonds. The van der Waals surface area contributed by atoms with E-state index in [1.807, 2.05) is 6.07 Å². The third-order valence-corrected chi connectivity index (χ3v) is 5.20. The number of halogens is 1. The second-order valence-corrected chi connectivity index (χ2v) is 6.65. The Balaban J connectivity index is 1.62. The van der Waals surface area contributed by atoms with Crippen LogP contribution in [0.25, 0.3) is 5.57 Å². The second kappa shape index (κ2) is 6.22. The van der Waals surface area contributed by atoms with Gasteiger partial charge in [-0.05, 0) is 48.1 Å². The van der Waals surface area contributed by atoms with Gasteiger partial charge in [-0.1, -0.05) is 42.5 Å². The zero-order valence-corrected chi connectivity index (χ0v) is 13.5. The van der Waals surface area contributed by atoms with Crippen LogP contribution in [-0.4, -0.2) is 17.0 Å². The van der Waals surface area contributed by atoms with Crippen LogP contribution in [0.15, 0.2) is 54.6 Å². The lowest BCUT2D eigenvalue weighted by molar-refractivity contribution is 0.203. The molecular weight excluding hydrogens is 299 g/mol. The fourth-order valence-electron chi connectivity index (χ4n) is 4.05. The van der Waals surface area contributed by atoms with Crippen LogP contribution in [0.3, 0.4) is 0 Å². The van der Waals surface area contributed by atoms with Crippen LogP contribution in [0.4, 0.5) is 4.39 Å². The van der Waals surface area contributed by atoms with Crippen molar-refractivity contribution in [2.24, 2.45) is 0 Å². The summed E-state index contributed by atoms with van der Waals surface area (Å²) in [5, 5.41) is 9.31. The maximum atomic E-state index is 13.4. The number of hydrogen-bond acceptors (Lipinski definition) is 2. The van der Waals surface area contributed by atoms with Crippen LogP contribution in [0, 0.1) is 17.1 Å². The molecule has 0 radical (unpaired) electrons. The van der Waals surface area contributed by atoms with Crippen LogP contribution < -0.4 is 0 Å². The number of nitrogens with zero attached hydrogens (tertiary/aromatic N) is 2. The lowest BCUT2D eigenvalue weighted by atomic mass is 9.91. The summed E-state index contributed by atoms with van der Waals surface area (Å²) in [5.41, 5.74) is 3.88. The van der Waals surface area contributed by atoms with Crippen LogP contribution in [-0.2, 0) is 6.54 Å². The third kappa shape index (κ3) is 2.74. The standard InChI is InChI=1S/C21H19FN2/c22-18-6-9-21(17(10-18)13-23)16-11-19-7-8-20(12-16)24(19)14-15-4-2-1-3-5-15/h1-6,9-11,19-20H,7-8,12,14H2. The zero-order valence-electron chi connectivity index (χ0n) is 13.5. The summed E-state index contributed by atoms with van der Waals surface area (Å²) in [5.74, 6) is -0.347. The molecule has 0 N–H and O–H groups in total. The molecule has 3 heteroatoms. The highest BCUT2D eigenvalue weighted by atomic mass is 19.1. The summed E-state index contributed by atoms with van der Waals surface area (Å²) >= 11 is 0. The van der Waals surface area contributed by atoms with Crippen LogP contribution in [0.5, 0.6) is 0 Å². The van der Waals surface area contributed by atoms with Crippen molar-refractivity contribution < 1.29 is 4.39 Å². The summed E-state index contributed by atoms with van der Waals surface area (Å²) < 4.78 is 13.4. The first-order valence-corrected chi connectivity index (χ1v) is 8.45. The van der Waals surface area contributed by atoms with Gasteiger partial charge in [-0.25, -0.2) is 4.39 Å². The lowest BCUT2D eigenvalue weighted by Crippen LogP contribution is -2.37. The molecule has 4 rings (SSSR count). The quantitative estimate of drug-likeness (QED) is 0.832. The van der Waals surface area contributed by atoms with E-state index in [-0.39, 0.29) is 5.82 Å². The predicted octanol–water partition coefficient (Wildman–Crippen LogP) is 4.52. The molecule has 24 heavy (non-hydrogen) atoms. The molecule has 1 saturated heterocycles. The molecule has 2 heterocycles. The Morgan fingerprint density at radius 2 is 1.96 bits per heavy atom. The number of benzene rings is 2. The summed E-state index contributed by atoms with van der Waals surface area (Å²) in [7, 11) is 0. The molecule has 120 valence electrons. The highest BCUT2D eigenvalue weighted by molar-refractivity contribution is 5.72. The molecule has 2 aliphatic heterocycles. The van der Waals surface area contributed by atoms with Gasteiger partial charge in [-0.3, -0.25) is 4.90 Å². The number of rotatable bonds is 3. The molecule has 2 aliphatic rings. The molecule has 2 atom stereocenters. The molecule has 0 spiro atoms. The first kappa shape index (κ1) is 15.1. The Bertz CT molecular complexity index is 819. The van der Waals surface area contributed by atoms with E-state index in [0.717, 1.165) is 24.9 Å². The Morgan fingerprint density at radius 3 is 2.71 bits per heavy atom. The van der Waals surface area contributed by atoms with Crippen molar-refractivity contribution in [1.29, 1.82) is 5.26 Å². The maximum Gasteiger partial charge on any atom is 0.124 e. The summed E-state index contributed by atoms with van der Waals surface area (Å²) in [6, 6.07) is 18.2. The minimum Gasteiger partial charge on any atom is -0.289 e. The fourth-order valence-corrected chi connectivity index (χ4v) is 4.05. The van der Waals surface area contributed by atoms with E-state index in [0.29, 0.717) is 17.6 Å². The number of fused-ring (bicyclic) bond motifs is 2. The van der Waals surface area contributed by atoms with E-state index in [9.17, 15) is 9.65 Å². The highest BCUT2D eigenvalue weighted by Gasteiger charge is 2.36. The minimum atomic E-state index is -0.347. The predicted molar refractivity (Wildman–Crippen MR) is 92.5 cm³/mol. The molecule has 1 fully saturated rings. The van der Waals surface area contributed by atoms with Gasteiger partial charge in [0.05, 0.1) is 11.6 Å². The molecule has 2 unspecified atom stereocenters. The molecule has 2 aromatic rings. The van der Waals surface area contributed by atoms with E-state index >= 15 is 0 Å². The first-order valence-electron chi connectivity index (χ1n) is 8.45. The zero-order chi connectivity index (χ0) is 16.5. The van der Waals surface area contributed by atoms with Crippen LogP contribution >= 0.6 is 0 Å². The van der Waals surface area contributed by atoms with E-state index in [1.165, 1.54) is 29.7 Å². The molecule has 2 bridgehead atoms. The number of nitriles is 1. The topological polar surface area (TPSA) is 27.0 Å². The van der Waals surface area contributed by atoms with Crippen molar-refractivity contribution in [2.45, 2.75) is 37.9 Å². The third-order valence-electron chi connectivity index (χ3n) is 5.20. The molecule has 0 saturated carbocycles. The highest BCUT2D eigenvalue weighted by Crippen LogP contribution is 2.40. The second-order valence-electron chi connectivity index (χ2n) is 6.65. The van der Waals surface area contributed by atoms with E-state index < -0.39 is 0 Å². The Labute approximate surface area is 141 Å². The van der Waals surface area contributed by atoms with Gasteiger partial charge in [0, 0.05) is 18.6 Å². The van der Waals surface area contributed by atoms with Gasteiger partial charge in [0.15, 0.2) is 0 Å². The van der Waals surface area contributed by atoms with Crippen molar-refractivity contribution in [1.82, 2.24) is 4.90 Å². The van der Waals surface area contributed by atoms with E-state index in [4.69, 9.17) is 0 Å². The van der Waals surface area contributed by atoms with E-state index in [1.54, 1.807) is 6.07 Å². The summed E-state index contributed by atoms with van der Waals surface area (Å²) in [6.07, 6.45) is 5.56. The monoisotopic (exact) mass is 318 g/mol. The van der Waals surface area contributed by atoms with Crippen molar-refractivity contribution in [3.8, 4) is 6.07 Å². The molecule has 2 nitrogen and oxygen atoms in total. The summed E-state index contributed by atoms with van der Waals surface area (Å²) in [6.45, 7) is 0.967. The van der Waals surface area contributed by atoms with Gasteiger partial charge in [-0.2, -0.15) is 5.26 Å². The lowest BCUT2D eigenvalue weighted by Gasteiger charge is -2.34. The average molecular weight is 318 g/mol. The van der Waals surface area contributed by atoms with Crippen LogP contribution in [0.1, 0.15) is 36.0 Å². The van der Waals surface area contributed by atoms with Crippen molar-refractivity contribution in [3.05, 3.63) is 77.1 Å². The Morgan fingerprint density at radius 1 is 1.12 bits per heavy atom. The molecule has 0 aliphatic carbocycles. The van der Waals surface area contributed by atoms with Crippen molar-refractivity contribution in [3.63, 3.8) is 0 Å². The minimum absolute atomic E-state index is 0.347. The van der Waals surface area contributed by atoms with Gasteiger partial charge in [0.2, 0.25) is 0 Å². The van der Waals surface area contributed by atoms with Gasteiger partial charge in [0.1, 0.15) is 5.82 Å². The Hall–Kier alpha value is -2.44. The fraction of sp³-hybridized carbons (Fsp3) is 0.286. The Kier molecular flexibility index (Phi) is 3.92. The van der Waals surface area contributed by atoms with E-state index in [2.05, 4.69) is 41.3 Å². The SMILES string of the molecule is N#Cc1cc(F)ccc1C1=CC2CCC(C1)N2Cc1ccccc1. The largest absolute Gasteiger partial charge is 0.289 e. The average Bonchev–Trinajstić information content (AvgIpc) is 2.83. The normalized spacial score (nSPS) is 22.9. The first-order chi connectivity index (χ1) is 11.7. The van der Waals surface area contributed by atoms with Crippen molar-refractivity contribution in [2.75, 3.05) is 0 Å². The van der Waals surface area contributed by atoms with Gasteiger partial charge in [-0.15, -0.1) is 0 Å². The summed E-state index contributed by atoms with van der Waals surface area (Å²) in [4.78, 5) is 2.56. The van der Waals surface area contributed by atoms with Crippen molar-refractivity contribution >= 4 is 5.57 Å². The molecule has 2 aromatic carbocycles. The smallest absolute Gasteiger partial charge is 0.124 e. The van der Waals surface area contributed by atoms with Gasteiger partial charge < -0.3 is 0 Å². The van der Waals surface area contributed by atoms with Gasteiger partial charge in [0.25, 0.3) is 0 Å². The van der Waals surface area contributed by atoms with Gasteiger partial charge >= 0.3 is 0 Å². The maximum absolute atomic E-state index is 13.4. The molecular formula is C21H19FN2. The molecule has 0 aromatic heterocycles.